The Morgan fingerprint density at radius 2 is 1.48 bits per heavy atom. The lowest BCUT2D eigenvalue weighted by atomic mass is 9.97. The van der Waals surface area contributed by atoms with Crippen LogP contribution >= 0.6 is 34.8 Å². The number of amides is 1. The zero-order valence-corrected chi connectivity index (χ0v) is 19.7. The minimum absolute atomic E-state index is 0.169. The molecule has 0 radical (unpaired) electrons. The summed E-state index contributed by atoms with van der Waals surface area (Å²) in [7, 11) is 0. The molecule has 0 fully saturated rings. The summed E-state index contributed by atoms with van der Waals surface area (Å²) in [6.45, 7) is 2.22. The lowest BCUT2D eigenvalue weighted by Crippen LogP contribution is -2.17. The highest BCUT2D eigenvalue weighted by Crippen LogP contribution is 2.27. The molecule has 1 amide bonds. The van der Waals surface area contributed by atoms with Crippen LogP contribution in [0.1, 0.15) is 37.4 Å². The number of halogens is 3. The van der Waals surface area contributed by atoms with Gasteiger partial charge in [0.2, 0.25) is 0 Å². The summed E-state index contributed by atoms with van der Waals surface area (Å²) < 4.78 is 1.54. The number of hydrogen-bond acceptors (Lipinski definition) is 3. The number of benzene rings is 3. The number of ketones is 1. The largest absolute Gasteiger partial charge is 0.304 e. The topological polar surface area (TPSA) is 64.0 Å². The maximum Gasteiger partial charge on any atom is 0.257 e. The van der Waals surface area contributed by atoms with Gasteiger partial charge < -0.3 is 5.32 Å². The predicted octanol–water partition coefficient (Wildman–Crippen LogP) is 6.68. The maximum absolute atomic E-state index is 13.0. The first kappa shape index (κ1) is 23.1. The number of rotatable bonds is 6. The number of nitrogens with zero attached hydrogens (tertiary/aromatic N) is 2. The van der Waals surface area contributed by atoms with Crippen LogP contribution in [0.4, 0.5) is 5.82 Å². The van der Waals surface area contributed by atoms with E-state index in [1.54, 1.807) is 60.8 Å². The summed E-state index contributed by atoms with van der Waals surface area (Å²) >= 11 is 18.8. The van der Waals surface area contributed by atoms with Crippen LogP contribution in [0.25, 0.3) is 0 Å². The highest BCUT2D eigenvalue weighted by atomic mass is 35.5. The van der Waals surface area contributed by atoms with Gasteiger partial charge in [-0.25, -0.2) is 0 Å². The molecule has 3 aromatic carbocycles. The first-order valence-corrected chi connectivity index (χ1v) is 11.1. The number of aromatic nitrogens is 2. The van der Waals surface area contributed by atoms with Gasteiger partial charge in [-0.1, -0.05) is 88.9 Å². The minimum Gasteiger partial charge on any atom is -0.304 e. The molecule has 1 heterocycles. The van der Waals surface area contributed by atoms with Crippen molar-refractivity contribution in [2.24, 2.45) is 0 Å². The van der Waals surface area contributed by atoms with Crippen molar-refractivity contribution in [2.75, 3.05) is 5.32 Å². The lowest BCUT2D eigenvalue weighted by molar-refractivity contribution is 0.0996. The Labute approximate surface area is 205 Å². The van der Waals surface area contributed by atoms with Crippen molar-refractivity contribution in [3.05, 3.63) is 116 Å². The Hall–Kier alpha value is -3.12. The summed E-state index contributed by atoms with van der Waals surface area (Å²) in [4.78, 5) is 26.1. The van der Waals surface area contributed by atoms with Crippen molar-refractivity contribution < 1.29 is 9.59 Å². The lowest BCUT2D eigenvalue weighted by Gasteiger charge is -2.09. The summed E-state index contributed by atoms with van der Waals surface area (Å²) in [6, 6.07) is 19.0. The molecule has 4 aromatic rings. The van der Waals surface area contributed by atoms with Crippen LogP contribution in [0, 0.1) is 6.92 Å². The van der Waals surface area contributed by atoms with Gasteiger partial charge in [-0.05, 0) is 25.1 Å². The van der Waals surface area contributed by atoms with Gasteiger partial charge in [-0.3, -0.25) is 14.3 Å². The van der Waals surface area contributed by atoms with Crippen LogP contribution in [-0.2, 0) is 6.54 Å². The van der Waals surface area contributed by atoms with Crippen molar-refractivity contribution in [2.45, 2.75) is 13.5 Å². The molecule has 33 heavy (non-hydrogen) atoms. The van der Waals surface area contributed by atoms with Gasteiger partial charge >= 0.3 is 0 Å². The van der Waals surface area contributed by atoms with E-state index in [-0.39, 0.29) is 34.3 Å². The Kier molecular flexibility index (Phi) is 6.84. The molecule has 0 aliphatic carbocycles. The number of hydrogen-bond donors (Lipinski definition) is 1. The number of nitrogens with one attached hydrogen (secondary N) is 1. The molecule has 1 aromatic heterocycles. The smallest absolute Gasteiger partial charge is 0.257 e. The number of carbonyl (C=O) groups is 2. The average molecular weight is 499 g/mol. The monoisotopic (exact) mass is 497 g/mol. The van der Waals surface area contributed by atoms with Crippen LogP contribution in [0.5, 0.6) is 0 Å². The predicted molar refractivity (Wildman–Crippen MR) is 132 cm³/mol. The Morgan fingerprint density at radius 1 is 0.848 bits per heavy atom. The van der Waals surface area contributed by atoms with Crippen LogP contribution in [0.2, 0.25) is 15.1 Å². The van der Waals surface area contributed by atoms with Crippen LogP contribution < -0.4 is 5.32 Å². The Morgan fingerprint density at radius 3 is 2.15 bits per heavy atom. The molecule has 0 bridgehead atoms. The zero-order valence-electron chi connectivity index (χ0n) is 17.5. The highest BCUT2D eigenvalue weighted by Gasteiger charge is 2.20. The molecule has 0 unspecified atom stereocenters. The zero-order chi connectivity index (χ0) is 23.5. The van der Waals surface area contributed by atoms with E-state index in [2.05, 4.69) is 10.4 Å². The van der Waals surface area contributed by atoms with Gasteiger partial charge in [0.05, 0.1) is 12.1 Å². The van der Waals surface area contributed by atoms with Crippen molar-refractivity contribution in [3.63, 3.8) is 0 Å². The molecule has 0 spiro atoms. The first-order chi connectivity index (χ1) is 15.8. The fourth-order valence-electron chi connectivity index (χ4n) is 3.32. The average Bonchev–Trinajstić information content (AvgIpc) is 3.15. The van der Waals surface area contributed by atoms with Crippen molar-refractivity contribution >= 4 is 52.3 Å². The van der Waals surface area contributed by atoms with Gasteiger partial charge in [-0.2, -0.15) is 5.10 Å². The molecular formula is C25H18Cl3N3O2. The van der Waals surface area contributed by atoms with Crippen LogP contribution in [0.15, 0.2) is 72.9 Å². The number of anilines is 1. The van der Waals surface area contributed by atoms with Crippen molar-refractivity contribution in [1.82, 2.24) is 9.78 Å². The fraction of sp³-hybridized carbons (Fsp3) is 0.0800. The second-order valence-corrected chi connectivity index (χ2v) is 8.64. The quantitative estimate of drug-likeness (QED) is 0.301. The standard InChI is InChI=1S/C25H18Cl3N3O2/c1-15-9-11-16(12-10-15)23(32)17-5-2-3-6-18(17)25(33)29-24-22(28)14-31(30-24)13-19-20(26)7-4-8-21(19)27/h2-12,14H,13H2,1H3,(H,29,30,33). The third-order valence-electron chi connectivity index (χ3n) is 5.06. The summed E-state index contributed by atoms with van der Waals surface area (Å²) in [5.41, 5.74) is 2.74. The van der Waals surface area contributed by atoms with Gasteiger partial charge in [0.15, 0.2) is 11.6 Å². The fourth-order valence-corrected chi connectivity index (χ4v) is 4.04. The van der Waals surface area contributed by atoms with Crippen molar-refractivity contribution in [3.8, 4) is 0 Å². The van der Waals surface area contributed by atoms with E-state index in [1.165, 1.54) is 4.68 Å². The minimum atomic E-state index is -0.492. The van der Waals surface area contributed by atoms with E-state index >= 15 is 0 Å². The Balaban J connectivity index is 1.57. The van der Waals surface area contributed by atoms with E-state index in [9.17, 15) is 9.59 Å². The Bertz CT molecular complexity index is 1330. The molecule has 0 aliphatic heterocycles. The van der Waals surface area contributed by atoms with E-state index in [1.807, 2.05) is 19.1 Å². The summed E-state index contributed by atoms with van der Waals surface area (Å²) in [5, 5.41) is 8.29. The molecule has 0 aliphatic rings. The third kappa shape index (κ3) is 5.11. The molecule has 8 heteroatoms. The number of carbonyl (C=O) groups excluding carboxylic acids is 2. The molecule has 5 nitrogen and oxygen atoms in total. The van der Waals surface area contributed by atoms with E-state index in [0.29, 0.717) is 21.2 Å². The maximum atomic E-state index is 13.0. The highest BCUT2D eigenvalue weighted by molar-refractivity contribution is 6.36. The molecule has 1 N–H and O–H groups in total. The molecule has 166 valence electrons. The third-order valence-corrected chi connectivity index (χ3v) is 6.05. The van der Waals surface area contributed by atoms with E-state index in [4.69, 9.17) is 34.8 Å². The molecular weight excluding hydrogens is 481 g/mol. The van der Waals surface area contributed by atoms with E-state index in [0.717, 1.165) is 5.56 Å². The van der Waals surface area contributed by atoms with Gasteiger partial charge in [-0.15, -0.1) is 0 Å². The van der Waals surface area contributed by atoms with Crippen LogP contribution in [-0.4, -0.2) is 21.5 Å². The molecule has 0 saturated carbocycles. The summed E-state index contributed by atoms with van der Waals surface area (Å²) in [6.07, 6.45) is 1.57. The number of aryl methyl sites for hydroxylation is 1. The van der Waals surface area contributed by atoms with Crippen LogP contribution in [0.3, 0.4) is 0 Å². The normalized spacial score (nSPS) is 10.8. The second kappa shape index (κ2) is 9.79. The van der Waals surface area contributed by atoms with Crippen molar-refractivity contribution in [1.29, 1.82) is 0 Å². The first-order valence-electron chi connectivity index (χ1n) is 10.0. The van der Waals surface area contributed by atoms with Gasteiger partial charge in [0, 0.05) is 32.9 Å². The van der Waals surface area contributed by atoms with Gasteiger partial charge in [0.1, 0.15) is 5.02 Å². The summed E-state index contributed by atoms with van der Waals surface area (Å²) in [5.74, 6) is -0.567. The second-order valence-electron chi connectivity index (χ2n) is 7.42. The molecule has 0 saturated heterocycles. The molecule has 0 atom stereocenters. The molecule has 4 rings (SSSR count). The van der Waals surface area contributed by atoms with Gasteiger partial charge in [0.25, 0.3) is 5.91 Å². The van der Waals surface area contributed by atoms with E-state index < -0.39 is 5.91 Å². The SMILES string of the molecule is Cc1ccc(C(=O)c2ccccc2C(=O)Nc2nn(Cc3c(Cl)cccc3Cl)cc2Cl)cc1.